The van der Waals surface area contributed by atoms with Crippen molar-refractivity contribution in [1.82, 2.24) is 25.9 Å². The molecule has 0 amide bonds. The van der Waals surface area contributed by atoms with E-state index in [0.717, 1.165) is 19.3 Å². The fourth-order valence-corrected chi connectivity index (χ4v) is 1.36. The van der Waals surface area contributed by atoms with Gasteiger partial charge in [0.05, 0.1) is 6.04 Å². The highest BCUT2D eigenvalue weighted by molar-refractivity contribution is 6.32. The number of rotatable bonds is 8. The molecule has 0 aliphatic rings. The van der Waals surface area contributed by atoms with Gasteiger partial charge in [0.25, 0.3) is 0 Å². The third kappa shape index (κ3) is 4.66. The molecule has 1 heterocycles. The molecule has 1 aromatic heterocycles. The van der Waals surface area contributed by atoms with E-state index < -0.39 is 7.32 Å². The van der Waals surface area contributed by atoms with Gasteiger partial charge < -0.3 is 20.0 Å². The molecule has 0 aliphatic carbocycles. The summed E-state index contributed by atoms with van der Waals surface area (Å²) in [7, 11) is 0.145. The lowest BCUT2D eigenvalue weighted by Crippen LogP contribution is -2.19. The van der Waals surface area contributed by atoms with E-state index in [4.69, 9.17) is 10.0 Å². The Hall–Kier alpha value is -1.03. The zero-order valence-electron chi connectivity index (χ0n) is 9.13. The van der Waals surface area contributed by atoms with Crippen LogP contribution in [0.1, 0.15) is 31.1 Å². The van der Waals surface area contributed by atoms with Crippen molar-refractivity contribution in [3.8, 4) is 0 Å². The van der Waals surface area contributed by atoms with Crippen LogP contribution in [0.15, 0.2) is 0 Å². The minimum Gasteiger partial charge on any atom is -0.402 e. The van der Waals surface area contributed by atoms with Gasteiger partial charge in [-0.2, -0.15) is 5.21 Å². The van der Waals surface area contributed by atoms with Gasteiger partial charge in [-0.1, -0.05) is 5.21 Å². The molecular weight excluding hydrogens is 213 g/mol. The van der Waals surface area contributed by atoms with Crippen LogP contribution in [0, 0.1) is 0 Å². The van der Waals surface area contributed by atoms with Crippen molar-refractivity contribution in [2.24, 2.45) is 0 Å². The molecule has 0 radical (unpaired) electrons. The average molecular weight is 229 g/mol. The van der Waals surface area contributed by atoms with Gasteiger partial charge in [0.2, 0.25) is 0 Å². The third-order valence-electron chi connectivity index (χ3n) is 2.18. The van der Waals surface area contributed by atoms with Gasteiger partial charge in [0, 0.05) is 6.61 Å². The summed E-state index contributed by atoms with van der Waals surface area (Å²) in [6.07, 6.45) is 2.45. The summed E-state index contributed by atoms with van der Waals surface area (Å²) in [5.41, 5.74) is 0. The van der Waals surface area contributed by atoms with E-state index >= 15 is 0 Å². The maximum absolute atomic E-state index is 8.45. The van der Waals surface area contributed by atoms with Crippen molar-refractivity contribution in [2.45, 2.75) is 25.3 Å². The van der Waals surface area contributed by atoms with E-state index in [1.807, 2.05) is 7.05 Å². The van der Waals surface area contributed by atoms with Crippen molar-refractivity contribution in [2.75, 3.05) is 13.7 Å². The Morgan fingerprint density at radius 1 is 1.50 bits per heavy atom. The summed E-state index contributed by atoms with van der Waals surface area (Å²) in [5, 5.41) is 33.6. The molecule has 1 aromatic rings. The molecule has 1 rings (SSSR count). The van der Waals surface area contributed by atoms with Gasteiger partial charge in [0.1, 0.15) is 0 Å². The molecular formula is C7H16BN5O3. The van der Waals surface area contributed by atoms with E-state index in [9.17, 15) is 0 Å². The van der Waals surface area contributed by atoms with Crippen molar-refractivity contribution in [3.63, 3.8) is 0 Å². The number of H-pyrrole nitrogens is 1. The quantitative estimate of drug-likeness (QED) is 0.320. The van der Waals surface area contributed by atoms with Crippen LogP contribution in [-0.4, -0.2) is 51.6 Å². The Bertz CT molecular complexity index is 271. The molecule has 90 valence electrons. The van der Waals surface area contributed by atoms with Crippen LogP contribution >= 0.6 is 0 Å². The Balaban J connectivity index is 2.15. The van der Waals surface area contributed by atoms with Crippen molar-refractivity contribution in [1.29, 1.82) is 0 Å². The van der Waals surface area contributed by atoms with E-state index in [1.165, 1.54) is 0 Å². The fourth-order valence-electron chi connectivity index (χ4n) is 1.36. The van der Waals surface area contributed by atoms with Gasteiger partial charge in [0.15, 0.2) is 5.82 Å². The molecule has 1 atom stereocenters. The number of nitrogens with zero attached hydrogens (tertiary/aromatic N) is 3. The molecule has 0 saturated heterocycles. The lowest BCUT2D eigenvalue weighted by Gasteiger charge is -2.11. The Kier molecular flexibility index (Phi) is 5.94. The summed E-state index contributed by atoms with van der Waals surface area (Å²) < 4.78 is 4.59. The number of unbranched alkanes of at least 4 members (excludes halogenated alkanes) is 1. The molecule has 8 nitrogen and oxygen atoms in total. The number of hydrogen-bond acceptors (Lipinski definition) is 7. The lowest BCUT2D eigenvalue weighted by molar-refractivity contribution is 0.181. The molecule has 0 saturated carbocycles. The second-order valence-electron chi connectivity index (χ2n) is 3.30. The highest BCUT2D eigenvalue weighted by Gasteiger charge is 2.13. The van der Waals surface area contributed by atoms with Crippen molar-refractivity contribution < 1.29 is 14.7 Å². The van der Waals surface area contributed by atoms with E-state index in [2.05, 4.69) is 30.6 Å². The first-order chi connectivity index (χ1) is 7.74. The van der Waals surface area contributed by atoms with Gasteiger partial charge in [-0.15, -0.1) is 10.2 Å². The molecule has 0 aromatic carbocycles. The van der Waals surface area contributed by atoms with E-state index in [1.54, 1.807) is 0 Å². The summed E-state index contributed by atoms with van der Waals surface area (Å²) in [4.78, 5) is 0. The second kappa shape index (κ2) is 7.28. The van der Waals surface area contributed by atoms with Gasteiger partial charge >= 0.3 is 7.32 Å². The van der Waals surface area contributed by atoms with Crippen LogP contribution < -0.4 is 5.32 Å². The van der Waals surface area contributed by atoms with Crippen LogP contribution in [0.5, 0.6) is 0 Å². The standard InChI is InChI=1S/C7H16BN5O3/c1-9-6(7-10-12-13-11-7)4-2-3-5-16-8(14)15/h6,9,14-15H,2-5H2,1H3,(H,10,11,12,13). The van der Waals surface area contributed by atoms with Crippen LogP contribution in [0.25, 0.3) is 0 Å². The van der Waals surface area contributed by atoms with Crippen molar-refractivity contribution in [3.05, 3.63) is 5.82 Å². The number of aromatic amines is 1. The number of nitrogens with one attached hydrogen (secondary N) is 2. The molecule has 0 bridgehead atoms. The fraction of sp³-hybridized carbons (Fsp3) is 0.857. The maximum atomic E-state index is 8.45. The predicted octanol–water partition coefficient (Wildman–Crippen LogP) is -1.38. The SMILES string of the molecule is CNC(CCCCOB(O)O)c1nn[nH]n1. The van der Waals surface area contributed by atoms with E-state index in [-0.39, 0.29) is 6.04 Å². The zero-order chi connectivity index (χ0) is 11.8. The largest absolute Gasteiger partial charge is 0.633 e. The zero-order valence-corrected chi connectivity index (χ0v) is 9.13. The summed E-state index contributed by atoms with van der Waals surface area (Å²) in [6.45, 7) is 0.320. The number of tetrazole rings is 1. The van der Waals surface area contributed by atoms with Gasteiger partial charge in [-0.3, -0.25) is 0 Å². The Labute approximate surface area is 93.6 Å². The van der Waals surface area contributed by atoms with Crippen LogP contribution in [0.3, 0.4) is 0 Å². The van der Waals surface area contributed by atoms with Crippen LogP contribution in [0.2, 0.25) is 0 Å². The minimum atomic E-state index is -1.68. The first-order valence-electron chi connectivity index (χ1n) is 5.12. The van der Waals surface area contributed by atoms with Gasteiger partial charge in [-0.05, 0) is 26.3 Å². The smallest absolute Gasteiger partial charge is 0.402 e. The highest BCUT2D eigenvalue weighted by Crippen LogP contribution is 2.13. The Morgan fingerprint density at radius 2 is 2.31 bits per heavy atom. The molecule has 4 N–H and O–H groups in total. The number of aromatic nitrogens is 4. The molecule has 0 spiro atoms. The summed E-state index contributed by atoms with van der Waals surface area (Å²) >= 11 is 0. The second-order valence-corrected chi connectivity index (χ2v) is 3.30. The molecule has 0 fully saturated rings. The van der Waals surface area contributed by atoms with Crippen molar-refractivity contribution >= 4 is 7.32 Å². The number of hydrogen-bond donors (Lipinski definition) is 4. The maximum Gasteiger partial charge on any atom is 0.633 e. The lowest BCUT2D eigenvalue weighted by atomic mass is 10.1. The van der Waals surface area contributed by atoms with Crippen LogP contribution in [0.4, 0.5) is 0 Å². The molecule has 0 aliphatic heterocycles. The topological polar surface area (TPSA) is 116 Å². The van der Waals surface area contributed by atoms with Gasteiger partial charge in [-0.25, -0.2) is 0 Å². The predicted molar refractivity (Wildman–Crippen MR) is 56.0 cm³/mol. The monoisotopic (exact) mass is 229 g/mol. The van der Waals surface area contributed by atoms with E-state index in [0.29, 0.717) is 12.4 Å². The third-order valence-corrected chi connectivity index (χ3v) is 2.18. The van der Waals surface area contributed by atoms with Crippen LogP contribution in [-0.2, 0) is 4.65 Å². The first-order valence-corrected chi connectivity index (χ1v) is 5.12. The highest BCUT2D eigenvalue weighted by atomic mass is 16.6. The summed E-state index contributed by atoms with van der Waals surface area (Å²) in [6, 6.07) is 0.0535. The first kappa shape index (κ1) is 13.0. The Morgan fingerprint density at radius 3 is 2.88 bits per heavy atom. The minimum absolute atomic E-state index is 0.0535. The summed E-state index contributed by atoms with van der Waals surface area (Å²) in [5.74, 6) is 0.630. The molecule has 16 heavy (non-hydrogen) atoms. The normalized spacial score (nSPS) is 12.7. The average Bonchev–Trinajstić information content (AvgIpc) is 2.76. The molecule has 9 heteroatoms. The molecule has 1 unspecified atom stereocenters.